The SMILES string of the molecule is Cl.Cl.Cl.[Co].[Mn].[Ni]. The third kappa shape index (κ3) is 32.5. The zero-order valence-corrected chi connectivity index (χ0v) is 7.91. The average Bonchev–Trinajstić information content (AvgIpc) is 0. The molecular weight excluding hydrogens is 279 g/mol. The molecule has 0 amide bonds. The normalized spacial score (nSPS) is 0. The minimum Gasteiger partial charge on any atom is -0.147 e. The summed E-state index contributed by atoms with van der Waals surface area (Å²) in [5.74, 6) is 0. The van der Waals surface area contributed by atoms with Gasteiger partial charge in [0.05, 0.1) is 0 Å². The molecule has 0 N–H and O–H groups in total. The molecule has 0 saturated heterocycles. The van der Waals surface area contributed by atoms with Crippen LogP contribution in [0, 0.1) is 0 Å². The van der Waals surface area contributed by atoms with Crippen molar-refractivity contribution in [2.24, 2.45) is 0 Å². The quantitative estimate of drug-likeness (QED) is 0.587. The van der Waals surface area contributed by atoms with Crippen LogP contribution in [0.25, 0.3) is 0 Å². The van der Waals surface area contributed by atoms with Crippen molar-refractivity contribution in [3.05, 3.63) is 0 Å². The third-order valence-electron chi connectivity index (χ3n) is 0. The van der Waals surface area contributed by atoms with Crippen molar-refractivity contribution in [3.8, 4) is 0 Å². The summed E-state index contributed by atoms with van der Waals surface area (Å²) in [6.07, 6.45) is 0. The largest absolute Gasteiger partial charge is 0.147 e. The van der Waals surface area contributed by atoms with Crippen LogP contribution in [0.4, 0.5) is 0 Å². The van der Waals surface area contributed by atoms with Crippen LogP contribution >= 0.6 is 37.2 Å². The van der Waals surface area contributed by atoms with E-state index in [0.29, 0.717) is 0 Å². The molecule has 0 heterocycles. The Morgan fingerprint density at radius 3 is 0.667 bits per heavy atom. The number of hydrogen-bond donors (Lipinski definition) is 0. The molecule has 0 nitrogen and oxygen atoms in total. The molecule has 0 bridgehead atoms. The van der Waals surface area contributed by atoms with Crippen molar-refractivity contribution in [2.45, 2.75) is 0 Å². The molecule has 6 heteroatoms. The van der Waals surface area contributed by atoms with E-state index in [9.17, 15) is 0 Å². The van der Waals surface area contributed by atoms with Gasteiger partial charge < -0.3 is 0 Å². The summed E-state index contributed by atoms with van der Waals surface area (Å²) in [6, 6.07) is 0. The monoisotopic (exact) mass is 280 g/mol. The van der Waals surface area contributed by atoms with E-state index in [1.165, 1.54) is 0 Å². The maximum absolute atomic E-state index is 0. The van der Waals surface area contributed by atoms with Crippen molar-refractivity contribution in [3.63, 3.8) is 0 Å². The second-order valence-corrected chi connectivity index (χ2v) is 0. The van der Waals surface area contributed by atoms with Gasteiger partial charge in [0.1, 0.15) is 0 Å². The van der Waals surface area contributed by atoms with Crippen molar-refractivity contribution in [1.29, 1.82) is 0 Å². The van der Waals surface area contributed by atoms with E-state index in [0.717, 1.165) is 0 Å². The van der Waals surface area contributed by atoms with Gasteiger partial charge in [-0.1, -0.05) is 0 Å². The molecule has 0 aliphatic rings. The van der Waals surface area contributed by atoms with Gasteiger partial charge in [0, 0.05) is 50.3 Å². The topological polar surface area (TPSA) is 0 Å². The van der Waals surface area contributed by atoms with Crippen LogP contribution < -0.4 is 0 Å². The summed E-state index contributed by atoms with van der Waals surface area (Å²) in [5.41, 5.74) is 0. The summed E-state index contributed by atoms with van der Waals surface area (Å²) in [4.78, 5) is 0. The van der Waals surface area contributed by atoms with Gasteiger partial charge in [0.25, 0.3) is 0 Å². The van der Waals surface area contributed by atoms with Gasteiger partial charge in [-0.15, -0.1) is 37.2 Å². The minimum atomic E-state index is 0. The number of rotatable bonds is 0. The minimum absolute atomic E-state index is 0. The molecule has 2 radical (unpaired) electrons. The van der Waals surface area contributed by atoms with E-state index >= 15 is 0 Å². The fraction of sp³-hybridized carbons (Fsp3) is 0. The summed E-state index contributed by atoms with van der Waals surface area (Å²) in [7, 11) is 0. The van der Waals surface area contributed by atoms with Gasteiger partial charge in [-0.2, -0.15) is 0 Å². The van der Waals surface area contributed by atoms with Gasteiger partial charge in [-0.25, -0.2) is 0 Å². The molecule has 0 aliphatic heterocycles. The third-order valence-corrected chi connectivity index (χ3v) is 0. The van der Waals surface area contributed by atoms with Crippen LogP contribution in [0.15, 0.2) is 0 Å². The maximum atomic E-state index is 0. The van der Waals surface area contributed by atoms with Crippen LogP contribution in [0.1, 0.15) is 0 Å². The molecule has 0 aliphatic carbocycles. The summed E-state index contributed by atoms with van der Waals surface area (Å²) in [6.45, 7) is 0. The molecule has 0 rings (SSSR count). The first-order valence-corrected chi connectivity index (χ1v) is 0. The first-order valence-electron chi connectivity index (χ1n) is 0. The zero-order chi connectivity index (χ0) is 0. The van der Waals surface area contributed by atoms with E-state index < -0.39 is 0 Å². The van der Waals surface area contributed by atoms with Crippen LogP contribution in [0.3, 0.4) is 0 Å². The number of halogens is 3. The Balaban J connectivity index is 0. The van der Waals surface area contributed by atoms with Crippen molar-refractivity contribution in [1.82, 2.24) is 0 Å². The van der Waals surface area contributed by atoms with E-state index in [1.54, 1.807) is 0 Å². The molecule has 6 heavy (non-hydrogen) atoms. The molecule has 0 atom stereocenters. The van der Waals surface area contributed by atoms with Crippen molar-refractivity contribution in [2.75, 3.05) is 0 Å². The second-order valence-electron chi connectivity index (χ2n) is 0. The Hall–Kier alpha value is 2.39. The van der Waals surface area contributed by atoms with Crippen LogP contribution in [0.2, 0.25) is 0 Å². The molecule has 0 unspecified atom stereocenters. The summed E-state index contributed by atoms with van der Waals surface area (Å²) >= 11 is 0. The molecule has 0 aromatic carbocycles. The zero-order valence-electron chi connectivity index (χ0n) is 2.25. The molecule has 0 saturated carbocycles. The fourth-order valence-corrected chi connectivity index (χ4v) is 0. The molecule has 0 aromatic rings. The van der Waals surface area contributed by atoms with E-state index in [4.69, 9.17) is 0 Å². The fourth-order valence-electron chi connectivity index (χ4n) is 0. The summed E-state index contributed by atoms with van der Waals surface area (Å²) < 4.78 is 0. The van der Waals surface area contributed by atoms with E-state index in [2.05, 4.69) is 0 Å². The predicted molar refractivity (Wildman–Crippen MR) is 21.7 cm³/mol. The Labute approximate surface area is 86.8 Å². The summed E-state index contributed by atoms with van der Waals surface area (Å²) in [5, 5.41) is 0. The van der Waals surface area contributed by atoms with Crippen LogP contribution in [0.5, 0.6) is 0 Å². The Morgan fingerprint density at radius 1 is 0.667 bits per heavy atom. The van der Waals surface area contributed by atoms with Gasteiger partial charge in [-0.05, 0) is 0 Å². The first kappa shape index (κ1) is 80.2. The van der Waals surface area contributed by atoms with Crippen molar-refractivity contribution >= 4 is 37.2 Å². The number of hydrogen-bond acceptors (Lipinski definition) is 0. The molecule has 50 valence electrons. The molecule has 0 aromatic heterocycles. The molecule has 0 spiro atoms. The second kappa shape index (κ2) is 52.8. The van der Waals surface area contributed by atoms with E-state index in [-0.39, 0.29) is 87.6 Å². The van der Waals surface area contributed by atoms with Crippen molar-refractivity contribution < 1.29 is 50.3 Å². The molecular formula is H3Cl3CoMnNi. The first-order chi connectivity index (χ1) is 0. The predicted octanol–water partition coefficient (Wildman–Crippen LogP) is 1.26. The van der Waals surface area contributed by atoms with Crippen LogP contribution in [-0.4, -0.2) is 0 Å². The average molecular weight is 282 g/mol. The van der Waals surface area contributed by atoms with Gasteiger partial charge in [0.2, 0.25) is 0 Å². The van der Waals surface area contributed by atoms with Gasteiger partial charge in [0.15, 0.2) is 0 Å². The Bertz CT molecular complexity index is 10.8. The standard InChI is InChI=1S/3ClH.Co.Mn.Ni/h3*1H;;;. The Kier molecular flexibility index (Phi) is 707. The van der Waals surface area contributed by atoms with Gasteiger partial charge in [-0.3, -0.25) is 0 Å². The maximum Gasteiger partial charge on any atom is 0 e. The van der Waals surface area contributed by atoms with E-state index in [1.807, 2.05) is 0 Å². The van der Waals surface area contributed by atoms with Gasteiger partial charge >= 0.3 is 0 Å². The molecule has 0 fully saturated rings. The van der Waals surface area contributed by atoms with Crippen LogP contribution in [-0.2, 0) is 50.3 Å². The smallest absolute Gasteiger partial charge is 0 e. The Morgan fingerprint density at radius 2 is 0.667 bits per heavy atom.